The number of anilines is 2. The van der Waals surface area contributed by atoms with E-state index in [0.717, 1.165) is 5.69 Å². The Morgan fingerprint density at radius 2 is 2.12 bits per heavy atom. The number of nitrogens with two attached hydrogens (primary N) is 1. The maximum atomic E-state index is 13.2. The fourth-order valence-corrected chi connectivity index (χ4v) is 1.53. The molecular weight excluding hydrogens is 209 g/mol. The van der Waals surface area contributed by atoms with Crippen LogP contribution >= 0.6 is 0 Å². The Balaban J connectivity index is 2.63. The lowest BCUT2D eigenvalue weighted by Gasteiger charge is -2.16. The second kappa shape index (κ2) is 3.84. The molecule has 2 aromatic rings. The maximum Gasteiger partial charge on any atom is 0.191 e. The minimum absolute atomic E-state index is 0.337. The Morgan fingerprint density at radius 1 is 1.38 bits per heavy atom. The molecule has 1 heterocycles. The van der Waals surface area contributed by atoms with Crippen LogP contribution < -0.4 is 10.6 Å². The minimum atomic E-state index is -0.337. The molecule has 4 nitrogen and oxygen atoms in total. The van der Waals surface area contributed by atoms with Crippen LogP contribution in [0.1, 0.15) is 0 Å². The zero-order chi connectivity index (χ0) is 11.7. The van der Waals surface area contributed by atoms with Crippen molar-refractivity contribution in [3.63, 3.8) is 0 Å². The number of aromatic nitrogens is 1. The van der Waals surface area contributed by atoms with E-state index in [1.807, 2.05) is 19.0 Å². The number of rotatable bonds is 2. The molecule has 0 aliphatic rings. The van der Waals surface area contributed by atoms with E-state index in [0.29, 0.717) is 17.0 Å². The summed E-state index contributed by atoms with van der Waals surface area (Å²) in [5.41, 5.74) is 7.51. The second-order valence-electron chi connectivity index (χ2n) is 3.67. The molecule has 2 rings (SSSR count). The van der Waals surface area contributed by atoms with Gasteiger partial charge < -0.3 is 15.2 Å². The van der Waals surface area contributed by atoms with Crippen LogP contribution in [0, 0.1) is 5.82 Å². The van der Waals surface area contributed by atoms with E-state index in [1.165, 1.54) is 18.3 Å². The number of nitrogen functional groups attached to an aromatic ring is 1. The van der Waals surface area contributed by atoms with Gasteiger partial charge in [-0.15, -0.1) is 0 Å². The molecule has 0 atom stereocenters. The van der Waals surface area contributed by atoms with Gasteiger partial charge in [0.15, 0.2) is 5.76 Å². The van der Waals surface area contributed by atoms with Crippen LogP contribution in [0.15, 0.2) is 28.9 Å². The Labute approximate surface area is 92.4 Å². The lowest BCUT2D eigenvalue weighted by molar-refractivity contribution is 0.432. The summed E-state index contributed by atoms with van der Waals surface area (Å²) in [5, 5.41) is 3.59. The van der Waals surface area contributed by atoms with Crippen molar-refractivity contribution in [2.45, 2.75) is 0 Å². The Bertz CT molecular complexity index is 508. The van der Waals surface area contributed by atoms with Gasteiger partial charge in [-0.2, -0.15) is 0 Å². The van der Waals surface area contributed by atoms with Gasteiger partial charge in [0.05, 0.1) is 6.20 Å². The van der Waals surface area contributed by atoms with E-state index in [9.17, 15) is 4.39 Å². The van der Waals surface area contributed by atoms with Crippen molar-refractivity contribution in [3.05, 3.63) is 30.2 Å². The molecule has 0 aliphatic carbocycles. The van der Waals surface area contributed by atoms with Crippen molar-refractivity contribution in [2.75, 3.05) is 24.7 Å². The standard InChI is InChI=1S/C11H12FN3O/c1-15(2)10-4-3-7(12)5-8(10)11-9(13)6-14-16-11/h3-6H,13H2,1-2H3. The third-order valence-electron chi connectivity index (χ3n) is 2.28. The number of benzene rings is 1. The zero-order valence-electron chi connectivity index (χ0n) is 9.07. The van der Waals surface area contributed by atoms with Crippen molar-refractivity contribution in [1.29, 1.82) is 0 Å². The molecule has 0 unspecified atom stereocenters. The SMILES string of the molecule is CN(C)c1ccc(F)cc1-c1oncc1N. The Hall–Kier alpha value is -2.04. The van der Waals surface area contributed by atoms with Gasteiger partial charge in [0, 0.05) is 25.3 Å². The van der Waals surface area contributed by atoms with Gasteiger partial charge in [0.25, 0.3) is 0 Å². The van der Waals surface area contributed by atoms with Gasteiger partial charge in [-0.3, -0.25) is 0 Å². The molecule has 0 bridgehead atoms. The molecule has 0 saturated heterocycles. The van der Waals surface area contributed by atoms with Crippen molar-refractivity contribution < 1.29 is 8.91 Å². The first-order valence-corrected chi connectivity index (χ1v) is 4.77. The van der Waals surface area contributed by atoms with Crippen LogP contribution in [-0.2, 0) is 0 Å². The minimum Gasteiger partial charge on any atom is -0.394 e. The monoisotopic (exact) mass is 221 g/mol. The van der Waals surface area contributed by atoms with Crippen molar-refractivity contribution in [3.8, 4) is 11.3 Å². The fraction of sp³-hybridized carbons (Fsp3) is 0.182. The highest BCUT2D eigenvalue weighted by Gasteiger charge is 2.14. The van der Waals surface area contributed by atoms with Crippen LogP contribution in [0.5, 0.6) is 0 Å². The second-order valence-corrected chi connectivity index (χ2v) is 3.67. The van der Waals surface area contributed by atoms with Crippen molar-refractivity contribution in [1.82, 2.24) is 5.16 Å². The van der Waals surface area contributed by atoms with E-state index in [4.69, 9.17) is 10.3 Å². The third kappa shape index (κ3) is 1.71. The van der Waals surface area contributed by atoms with E-state index in [-0.39, 0.29) is 5.82 Å². The molecule has 0 radical (unpaired) electrons. The number of nitrogens with zero attached hydrogens (tertiary/aromatic N) is 2. The van der Waals surface area contributed by atoms with Crippen molar-refractivity contribution >= 4 is 11.4 Å². The molecule has 1 aromatic carbocycles. The van der Waals surface area contributed by atoms with E-state index in [2.05, 4.69) is 5.16 Å². The van der Waals surface area contributed by atoms with E-state index < -0.39 is 0 Å². The summed E-state index contributed by atoms with van der Waals surface area (Å²) in [6.07, 6.45) is 1.40. The summed E-state index contributed by atoms with van der Waals surface area (Å²) >= 11 is 0. The first-order chi connectivity index (χ1) is 7.59. The summed E-state index contributed by atoms with van der Waals surface area (Å²) in [5.74, 6) is 0.0552. The quantitative estimate of drug-likeness (QED) is 0.844. The summed E-state index contributed by atoms with van der Waals surface area (Å²) in [6, 6.07) is 4.45. The van der Waals surface area contributed by atoms with Gasteiger partial charge in [-0.25, -0.2) is 4.39 Å². The molecule has 2 N–H and O–H groups in total. The summed E-state index contributed by atoms with van der Waals surface area (Å²) < 4.78 is 18.2. The third-order valence-corrected chi connectivity index (χ3v) is 2.28. The number of halogens is 1. The average molecular weight is 221 g/mol. The molecule has 16 heavy (non-hydrogen) atoms. The van der Waals surface area contributed by atoms with Crippen LogP contribution in [0.3, 0.4) is 0 Å². The van der Waals surface area contributed by atoms with Crippen LogP contribution in [-0.4, -0.2) is 19.3 Å². The van der Waals surface area contributed by atoms with Crippen molar-refractivity contribution in [2.24, 2.45) is 0 Å². The predicted molar refractivity (Wildman–Crippen MR) is 60.6 cm³/mol. The Morgan fingerprint density at radius 3 is 2.69 bits per heavy atom. The summed E-state index contributed by atoms with van der Waals surface area (Å²) in [6.45, 7) is 0. The van der Waals surface area contributed by atoms with Gasteiger partial charge in [-0.05, 0) is 18.2 Å². The molecule has 1 aromatic heterocycles. The van der Waals surface area contributed by atoms with Gasteiger partial charge in [0.1, 0.15) is 11.5 Å². The van der Waals surface area contributed by atoms with Gasteiger partial charge in [0.2, 0.25) is 0 Å². The largest absolute Gasteiger partial charge is 0.394 e. The molecule has 0 saturated carbocycles. The van der Waals surface area contributed by atoms with Crippen LogP contribution in [0.2, 0.25) is 0 Å². The number of hydrogen-bond acceptors (Lipinski definition) is 4. The van der Waals surface area contributed by atoms with Crippen LogP contribution in [0.25, 0.3) is 11.3 Å². The molecule has 84 valence electrons. The first kappa shape index (κ1) is 10.5. The van der Waals surface area contributed by atoms with E-state index in [1.54, 1.807) is 6.07 Å². The molecule has 5 heteroatoms. The topological polar surface area (TPSA) is 55.3 Å². The molecular formula is C11H12FN3O. The van der Waals surface area contributed by atoms with E-state index >= 15 is 0 Å². The molecule has 0 spiro atoms. The molecule has 0 aliphatic heterocycles. The zero-order valence-corrected chi connectivity index (χ0v) is 9.07. The predicted octanol–water partition coefficient (Wildman–Crippen LogP) is 2.13. The smallest absolute Gasteiger partial charge is 0.191 e. The average Bonchev–Trinajstić information content (AvgIpc) is 2.63. The van der Waals surface area contributed by atoms with Gasteiger partial charge >= 0.3 is 0 Å². The highest BCUT2D eigenvalue weighted by atomic mass is 19.1. The molecule has 0 fully saturated rings. The van der Waals surface area contributed by atoms with Crippen LogP contribution in [0.4, 0.5) is 15.8 Å². The Kier molecular flexibility index (Phi) is 2.52. The highest BCUT2D eigenvalue weighted by molar-refractivity contribution is 5.81. The highest BCUT2D eigenvalue weighted by Crippen LogP contribution is 2.33. The first-order valence-electron chi connectivity index (χ1n) is 4.77. The number of hydrogen-bond donors (Lipinski definition) is 1. The lowest BCUT2D eigenvalue weighted by Crippen LogP contribution is -2.10. The van der Waals surface area contributed by atoms with Gasteiger partial charge in [-0.1, -0.05) is 5.16 Å². The fourth-order valence-electron chi connectivity index (χ4n) is 1.53. The normalized spacial score (nSPS) is 10.4. The summed E-state index contributed by atoms with van der Waals surface area (Å²) in [4.78, 5) is 1.86. The lowest BCUT2D eigenvalue weighted by atomic mass is 10.1. The molecule has 0 amide bonds. The maximum absolute atomic E-state index is 13.2. The summed E-state index contributed by atoms with van der Waals surface area (Å²) in [7, 11) is 3.73.